The Balaban J connectivity index is 0.00000182. The molecule has 0 fully saturated rings. The molecule has 0 saturated carbocycles. The fourth-order valence-electron chi connectivity index (χ4n) is 2.53. The van der Waals surface area contributed by atoms with Crippen molar-refractivity contribution in [2.45, 2.75) is 13.2 Å². The summed E-state index contributed by atoms with van der Waals surface area (Å²) in [6.07, 6.45) is 1.85. The molecule has 0 unspecified atom stereocenters. The van der Waals surface area contributed by atoms with Gasteiger partial charge < -0.3 is 24.3 Å². The molecular formula is C19H16NO4Zn-. The molecule has 4 rings (SSSR count). The number of hydrogen-bond donors (Lipinski definition) is 2. The summed E-state index contributed by atoms with van der Waals surface area (Å²) in [5.41, 5.74) is 3.80. The molecule has 124 valence electrons. The van der Waals surface area contributed by atoms with E-state index < -0.39 is 0 Å². The number of aromatic nitrogens is 1. The summed E-state index contributed by atoms with van der Waals surface area (Å²) in [4.78, 5) is 3.07. The van der Waals surface area contributed by atoms with Gasteiger partial charge in [0.15, 0.2) is 11.5 Å². The molecular weight excluding hydrogens is 372 g/mol. The second-order valence-electron chi connectivity index (χ2n) is 5.49. The normalized spacial score (nSPS) is 11.9. The minimum absolute atomic E-state index is 0. The Morgan fingerprint density at radius 3 is 2.60 bits per heavy atom. The largest absolute Gasteiger partial charge is 0.486 e. The van der Waals surface area contributed by atoms with Gasteiger partial charge in [-0.15, -0.1) is 17.7 Å². The first kappa shape index (κ1) is 17.5. The predicted octanol–water partition coefficient (Wildman–Crippen LogP) is 3.28. The third-order valence-electron chi connectivity index (χ3n) is 3.87. The van der Waals surface area contributed by atoms with E-state index in [1.165, 1.54) is 0 Å². The fraction of sp³-hybridized carbons (Fsp3) is 0.158. The molecule has 0 spiro atoms. The van der Waals surface area contributed by atoms with E-state index in [4.69, 9.17) is 19.3 Å². The van der Waals surface area contributed by atoms with Crippen LogP contribution in [0.4, 0.5) is 0 Å². The van der Waals surface area contributed by atoms with Crippen LogP contribution >= 0.6 is 0 Å². The molecule has 2 heterocycles. The first-order valence-electron chi connectivity index (χ1n) is 7.64. The van der Waals surface area contributed by atoms with Gasteiger partial charge in [0.1, 0.15) is 12.5 Å². The van der Waals surface area contributed by atoms with Crippen LogP contribution in [0.1, 0.15) is 11.1 Å². The Bertz CT molecular complexity index is 845. The van der Waals surface area contributed by atoms with Crippen molar-refractivity contribution in [1.29, 1.82) is 0 Å². The summed E-state index contributed by atoms with van der Waals surface area (Å²) >= 11 is 0. The zero-order valence-electron chi connectivity index (χ0n) is 13.6. The average molecular weight is 388 g/mol. The molecule has 5 nitrogen and oxygen atoms in total. The molecule has 6 heteroatoms. The van der Waals surface area contributed by atoms with Crippen molar-refractivity contribution < 1.29 is 38.8 Å². The van der Waals surface area contributed by atoms with Crippen LogP contribution in [0.15, 0.2) is 48.7 Å². The van der Waals surface area contributed by atoms with Crippen molar-refractivity contribution in [3.8, 4) is 28.5 Å². The first-order chi connectivity index (χ1) is 11.8. The summed E-state index contributed by atoms with van der Waals surface area (Å²) in [5.74, 6) is 2.08. The minimum atomic E-state index is 0. The van der Waals surface area contributed by atoms with Crippen LogP contribution in [0.2, 0.25) is 0 Å². The van der Waals surface area contributed by atoms with E-state index >= 15 is 0 Å². The van der Waals surface area contributed by atoms with E-state index in [0.29, 0.717) is 12.5 Å². The molecule has 0 bridgehead atoms. The van der Waals surface area contributed by atoms with E-state index in [0.717, 1.165) is 33.8 Å². The van der Waals surface area contributed by atoms with Crippen molar-refractivity contribution in [2.75, 3.05) is 6.79 Å². The molecule has 0 amide bonds. The van der Waals surface area contributed by atoms with Crippen LogP contribution in [-0.4, -0.2) is 16.9 Å². The van der Waals surface area contributed by atoms with Gasteiger partial charge in [0, 0.05) is 19.5 Å². The zero-order chi connectivity index (χ0) is 16.4. The van der Waals surface area contributed by atoms with Gasteiger partial charge in [-0.1, -0.05) is 36.5 Å². The van der Waals surface area contributed by atoms with E-state index in [9.17, 15) is 0 Å². The molecule has 0 saturated heterocycles. The monoisotopic (exact) mass is 386 g/mol. The molecule has 0 atom stereocenters. The van der Waals surface area contributed by atoms with Gasteiger partial charge in [-0.05, 0) is 17.2 Å². The second kappa shape index (κ2) is 7.72. The fourth-order valence-corrected chi connectivity index (χ4v) is 2.53. The number of fused-ring (bicyclic) bond motifs is 1. The number of H-pyrrole nitrogens is 1. The second-order valence-corrected chi connectivity index (χ2v) is 5.49. The Morgan fingerprint density at radius 2 is 1.80 bits per heavy atom. The van der Waals surface area contributed by atoms with Gasteiger partial charge in [-0.3, -0.25) is 0 Å². The standard InChI is InChI=1S/C19H16NO4.Zn/c21-10-13-1-3-14(4-2-13)11-22-19-8-16(9-20-19)15-5-6-17-18(7-15)24-12-23-17;/h1-7,9,20-21H,10-12H2;/q-1;. The molecule has 1 aliphatic rings. The van der Waals surface area contributed by atoms with Gasteiger partial charge in [0.2, 0.25) is 6.79 Å². The molecule has 2 aromatic carbocycles. The summed E-state index contributed by atoms with van der Waals surface area (Å²) in [5, 5.41) is 9.05. The van der Waals surface area contributed by atoms with Gasteiger partial charge in [0.25, 0.3) is 0 Å². The van der Waals surface area contributed by atoms with Crippen molar-refractivity contribution in [1.82, 2.24) is 4.98 Å². The van der Waals surface area contributed by atoms with Gasteiger partial charge >= 0.3 is 0 Å². The zero-order valence-corrected chi connectivity index (χ0v) is 16.6. The maximum Gasteiger partial charge on any atom is 0.231 e. The van der Waals surface area contributed by atoms with Crippen molar-refractivity contribution in [3.63, 3.8) is 0 Å². The summed E-state index contributed by atoms with van der Waals surface area (Å²) in [7, 11) is 0. The van der Waals surface area contributed by atoms with Crippen LogP contribution in [0.3, 0.4) is 0 Å². The number of benzene rings is 2. The predicted molar refractivity (Wildman–Crippen MR) is 87.9 cm³/mol. The summed E-state index contributed by atoms with van der Waals surface area (Å²) in [6, 6.07) is 16.6. The minimum Gasteiger partial charge on any atom is -0.486 e. The average Bonchev–Trinajstić information content (AvgIpc) is 3.29. The topological polar surface area (TPSA) is 63.7 Å². The van der Waals surface area contributed by atoms with Crippen molar-refractivity contribution >= 4 is 0 Å². The van der Waals surface area contributed by atoms with Crippen LogP contribution in [-0.2, 0) is 32.7 Å². The number of aliphatic hydroxyl groups is 1. The Hall–Kier alpha value is -2.30. The first-order valence-corrected chi connectivity index (χ1v) is 7.64. The molecule has 2 N–H and O–H groups in total. The molecule has 1 aromatic heterocycles. The Labute approximate surface area is 158 Å². The van der Waals surface area contributed by atoms with E-state index in [2.05, 4.69) is 11.1 Å². The third kappa shape index (κ3) is 3.86. The molecule has 3 aromatic rings. The molecule has 25 heavy (non-hydrogen) atoms. The number of hydrogen-bond acceptors (Lipinski definition) is 4. The maximum absolute atomic E-state index is 9.05. The van der Waals surface area contributed by atoms with Gasteiger partial charge in [0.05, 0.1) is 6.61 Å². The molecule has 0 aliphatic carbocycles. The Morgan fingerprint density at radius 1 is 1.04 bits per heavy atom. The number of ether oxygens (including phenoxy) is 3. The Kier molecular flexibility index (Phi) is 5.41. The van der Waals surface area contributed by atoms with Gasteiger partial charge in [-0.2, -0.15) is 5.56 Å². The van der Waals surface area contributed by atoms with Crippen LogP contribution in [0.5, 0.6) is 17.4 Å². The quantitative estimate of drug-likeness (QED) is 0.521. The van der Waals surface area contributed by atoms with Crippen molar-refractivity contribution in [3.05, 3.63) is 65.9 Å². The van der Waals surface area contributed by atoms with Crippen molar-refractivity contribution in [2.24, 2.45) is 0 Å². The van der Waals surface area contributed by atoms with Gasteiger partial charge in [-0.25, -0.2) is 0 Å². The maximum atomic E-state index is 9.05. The van der Waals surface area contributed by atoms with E-state index in [1.54, 1.807) is 0 Å². The number of nitrogens with one attached hydrogen (secondary N) is 1. The van der Waals surface area contributed by atoms with Crippen LogP contribution in [0, 0.1) is 6.07 Å². The molecule has 0 radical (unpaired) electrons. The number of aromatic amines is 1. The molecule has 1 aliphatic heterocycles. The third-order valence-corrected chi connectivity index (χ3v) is 3.87. The summed E-state index contributed by atoms with van der Waals surface area (Å²) in [6.45, 7) is 0.743. The van der Waals surface area contributed by atoms with E-state index in [1.807, 2.05) is 48.7 Å². The smallest absolute Gasteiger partial charge is 0.231 e. The SMILES string of the molecule is OCc1ccc(COc2[c-]c(-c3ccc4c(c3)OCO4)c[nH]2)cc1.[Zn]. The van der Waals surface area contributed by atoms with Crippen LogP contribution < -0.4 is 14.2 Å². The van der Waals surface area contributed by atoms with Crippen LogP contribution in [0.25, 0.3) is 11.1 Å². The number of aliphatic hydroxyl groups excluding tert-OH is 1. The number of rotatable bonds is 5. The van der Waals surface area contributed by atoms with E-state index in [-0.39, 0.29) is 32.9 Å². The summed E-state index contributed by atoms with van der Waals surface area (Å²) < 4.78 is 16.4.